The Morgan fingerprint density at radius 1 is 1.22 bits per heavy atom. The molecule has 0 bridgehead atoms. The standard InChI is InChI=1S/C18H20ClN3O/c19-14-8-3-1-6-12(14)16-10-5-11-22(16)18(23)17-13-7-2-4-9-15(13)20-21-17/h1,3,6,8,16H,2,4-5,7,9-11H2,(H,20,21). The molecule has 1 N–H and O–H groups in total. The van der Waals surface area contributed by atoms with Gasteiger partial charge in [-0.25, -0.2) is 0 Å². The Labute approximate surface area is 140 Å². The summed E-state index contributed by atoms with van der Waals surface area (Å²) in [5.74, 6) is 0.0480. The number of halogens is 1. The van der Waals surface area contributed by atoms with Gasteiger partial charge in [0.2, 0.25) is 0 Å². The number of rotatable bonds is 2. The number of hydrogen-bond acceptors (Lipinski definition) is 2. The molecule has 23 heavy (non-hydrogen) atoms. The monoisotopic (exact) mass is 329 g/mol. The molecule has 5 heteroatoms. The number of carbonyl (C=O) groups is 1. The Hall–Kier alpha value is -1.81. The van der Waals surface area contributed by atoms with E-state index < -0.39 is 0 Å². The predicted molar refractivity (Wildman–Crippen MR) is 89.7 cm³/mol. The molecular formula is C18H20ClN3O. The van der Waals surface area contributed by atoms with Crippen LogP contribution in [0.25, 0.3) is 0 Å². The number of benzene rings is 1. The fraction of sp³-hybridized carbons (Fsp3) is 0.444. The Morgan fingerprint density at radius 2 is 2.04 bits per heavy atom. The topological polar surface area (TPSA) is 49.0 Å². The third kappa shape index (κ3) is 2.55. The fourth-order valence-electron chi connectivity index (χ4n) is 3.87. The van der Waals surface area contributed by atoms with Crippen molar-refractivity contribution in [3.63, 3.8) is 0 Å². The lowest BCUT2D eigenvalue weighted by molar-refractivity contribution is 0.0728. The summed E-state index contributed by atoms with van der Waals surface area (Å²) < 4.78 is 0. The van der Waals surface area contributed by atoms with Crippen molar-refractivity contribution >= 4 is 17.5 Å². The van der Waals surface area contributed by atoms with E-state index in [-0.39, 0.29) is 11.9 Å². The maximum absolute atomic E-state index is 13.1. The molecule has 1 amide bonds. The number of amides is 1. The summed E-state index contributed by atoms with van der Waals surface area (Å²) in [5.41, 5.74) is 3.95. The van der Waals surface area contributed by atoms with Gasteiger partial charge >= 0.3 is 0 Å². The van der Waals surface area contributed by atoms with Crippen molar-refractivity contribution in [3.8, 4) is 0 Å². The molecule has 2 heterocycles. The first kappa shape index (κ1) is 14.8. The van der Waals surface area contributed by atoms with Gasteiger partial charge in [0.15, 0.2) is 5.69 Å². The van der Waals surface area contributed by atoms with E-state index in [4.69, 9.17) is 11.6 Å². The Kier molecular flexibility index (Phi) is 3.85. The zero-order valence-corrected chi connectivity index (χ0v) is 13.8. The molecule has 1 unspecified atom stereocenters. The summed E-state index contributed by atoms with van der Waals surface area (Å²) in [7, 11) is 0. The summed E-state index contributed by atoms with van der Waals surface area (Å²) in [6.45, 7) is 0.774. The van der Waals surface area contributed by atoms with Crippen LogP contribution in [-0.2, 0) is 12.8 Å². The first-order chi connectivity index (χ1) is 11.3. The normalized spacial score (nSPS) is 20.6. The molecule has 1 aliphatic carbocycles. The number of aromatic amines is 1. The highest BCUT2D eigenvalue weighted by Crippen LogP contribution is 2.37. The minimum Gasteiger partial charge on any atom is -0.330 e. The van der Waals surface area contributed by atoms with Crippen LogP contribution in [-0.4, -0.2) is 27.5 Å². The molecule has 4 nitrogen and oxygen atoms in total. The van der Waals surface area contributed by atoms with Crippen LogP contribution in [0.4, 0.5) is 0 Å². The quantitative estimate of drug-likeness (QED) is 0.907. The molecule has 1 saturated heterocycles. The van der Waals surface area contributed by atoms with Gasteiger partial charge in [-0.3, -0.25) is 9.89 Å². The Bertz CT molecular complexity index is 740. The van der Waals surface area contributed by atoms with E-state index in [2.05, 4.69) is 10.2 Å². The lowest BCUT2D eigenvalue weighted by Crippen LogP contribution is -2.31. The lowest BCUT2D eigenvalue weighted by Gasteiger charge is -2.25. The highest BCUT2D eigenvalue weighted by molar-refractivity contribution is 6.31. The SMILES string of the molecule is O=C(c1n[nH]c2c1CCCC2)N1CCCC1c1ccccc1Cl. The van der Waals surface area contributed by atoms with E-state index in [0.29, 0.717) is 5.69 Å². The molecule has 4 rings (SSSR count). The van der Waals surface area contributed by atoms with E-state index in [9.17, 15) is 4.79 Å². The van der Waals surface area contributed by atoms with Crippen LogP contribution in [0, 0.1) is 0 Å². The number of carbonyl (C=O) groups excluding carboxylic acids is 1. The first-order valence-electron chi connectivity index (χ1n) is 8.37. The molecular weight excluding hydrogens is 310 g/mol. The van der Waals surface area contributed by atoms with Gasteiger partial charge in [-0.2, -0.15) is 5.10 Å². The van der Waals surface area contributed by atoms with Crippen molar-refractivity contribution in [3.05, 3.63) is 51.8 Å². The second kappa shape index (κ2) is 6.00. The van der Waals surface area contributed by atoms with E-state index in [0.717, 1.165) is 60.5 Å². The van der Waals surface area contributed by atoms with Crippen molar-refractivity contribution < 1.29 is 4.79 Å². The van der Waals surface area contributed by atoms with Gasteiger partial charge in [0.05, 0.1) is 6.04 Å². The van der Waals surface area contributed by atoms with Crippen LogP contribution in [0.1, 0.15) is 59.0 Å². The van der Waals surface area contributed by atoms with Crippen molar-refractivity contribution in [2.45, 2.75) is 44.6 Å². The van der Waals surface area contributed by atoms with Crippen LogP contribution < -0.4 is 0 Å². The number of nitrogens with zero attached hydrogens (tertiary/aromatic N) is 2. The van der Waals surface area contributed by atoms with E-state index in [1.807, 2.05) is 29.2 Å². The van der Waals surface area contributed by atoms with Crippen molar-refractivity contribution in [2.75, 3.05) is 6.54 Å². The number of H-pyrrole nitrogens is 1. The summed E-state index contributed by atoms with van der Waals surface area (Å²) >= 11 is 6.35. The maximum Gasteiger partial charge on any atom is 0.275 e. The fourth-order valence-corrected chi connectivity index (χ4v) is 4.13. The minimum absolute atomic E-state index is 0.0480. The zero-order valence-electron chi connectivity index (χ0n) is 13.0. The van der Waals surface area contributed by atoms with Crippen LogP contribution in [0.15, 0.2) is 24.3 Å². The van der Waals surface area contributed by atoms with Crippen LogP contribution in [0.2, 0.25) is 5.02 Å². The van der Waals surface area contributed by atoms with Crippen molar-refractivity contribution in [2.24, 2.45) is 0 Å². The first-order valence-corrected chi connectivity index (χ1v) is 8.75. The summed E-state index contributed by atoms with van der Waals surface area (Å²) in [4.78, 5) is 15.0. The van der Waals surface area contributed by atoms with Crippen LogP contribution in [0.5, 0.6) is 0 Å². The van der Waals surface area contributed by atoms with Crippen LogP contribution in [0.3, 0.4) is 0 Å². The van der Waals surface area contributed by atoms with E-state index in [1.165, 1.54) is 6.42 Å². The number of aryl methyl sites for hydroxylation is 1. The molecule has 2 aliphatic rings. The largest absolute Gasteiger partial charge is 0.330 e. The summed E-state index contributed by atoms with van der Waals surface area (Å²) in [6, 6.07) is 7.90. The molecule has 0 radical (unpaired) electrons. The molecule has 1 aromatic carbocycles. The van der Waals surface area contributed by atoms with Gasteiger partial charge in [-0.1, -0.05) is 29.8 Å². The maximum atomic E-state index is 13.1. The molecule has 1 fully saturated rings. The highest BCUT2D eigenvalue weighted by atomic mass is 35.5. The summed E-state index contributed by atoms with van der Waals surface area (Å²) in [5, 5.41) is 8.15. The molecule has 120 valence electrons. The molecule has 2 aromatic rings. The van der Waals surface area contributed by atoms with E-state index in [1.54, 1.807) is 0 Å². The van der Waals surface area contributed by atoms with Crippen LogP contribution >= 0.6 is 11.6 Å². The van der Waals surface area contributed by atoms with Gasteiger partial charge < -0.3 is 4.90 Å². The third-order valence-electron chi connectivity index (χ3n) is 5.04. The van der Waals surface area contributed by atoms with Gasteiger partial charge in [-0.15, -0.1) is 0 Å². The zero-order chi connectivity index (χ0) is 15.8. The van der Waals surface area contributed by atoms with Gasteiger partial charge in [0, 0.05) is 22.8 Å². The number of aromatic nitrogens is 2. The van der Waals surface area contributed by atoms with E-state index >= 15 is 0 Å². The molecule has 1 aliphatic heterocycles. The van der Waals surface area contributed by atoms with Crippen molar-refractivity contribution in [1.29, 1.82) is 0 Å². The Balaban J connectivity index is 1.65. The average molecular weight is 330 g/mol. The molecule has 0 spiro atoms. The highest BCUT2D eigenvalue weighted by Gasteiger charge is 2.34. The number of hydrogen-bond donors (Lipinski definition) is 1. The predicted octanol–water partition coefficient (Wildman–Crippen LogP) is 3.92. The molecule has 0 saturated carbocycles. The third-order valence-corrected chi connectivity index (χ3v) is 5.38. The van der Waals surface area contributed by atoms with Crippen molar-refractivity contribution in [1.82, 2.24) is 15.1 Å². The number of likely N-dealkylation sites (tertiary alicyclic amines) is 1. The number of nitrogens with one attached hydrogen (secondary N) is 1. The molecule has 1 atom stereocenters. The van der Waals surface area contributed by atoms with Gasteiger partial charge in [0.25, 0.3) is 5.91 Å². The lowest BCUT2D eigenvalue weighted by atomic mass is 9.95. The van der Waals surface area contributed by atoms with Gasteiger partial charge in [0.1, 0.15) is 0 Å². The number of fused-ring (bicyclic) bond motifs is 1. The molecule has 1 aromatic heterocycles. The second-order valence-electron chi connectivity index (χ2n) is 6.41. The minimum atomic E-state index is 0.0480. The Morgan fingerprint density at radius 3 is 2.91 bits per heavy atom. The second-order valence-corrected chi connectivity index (χ2v) is 6.82. The van der Waals surface area contributed by atoms with Gasteiger partial charge in [-0.05, 0) is 50.2 Å². The summed E-state index contributed by atoms with van der Waals surface area (Å²) in [6.07, 6.45) is 6.24. The smallest absolute Gasteiger partial charge is 0.275 e. The average Bonchev–Trinajstić information content (AvgIpc) is 3.22.